The molecular formula is C23H30N6O4S. The Morgan fingerprint density at radius 1 is 1.09 bits per heavy atom. The van der Waals surface area contributed by atoms with Crippen LogP contribution >= 0.6 is 0 Å². The highest BCUT2D eigenvalue weighted by Gasteiger charge is 2.32. The Bertz CT molecular complexity index is 1200. The quantitative estimate of drug-likeness (QED) is 0.477. The van der Waals surface area contributed by atoms with Gasteiger partial charge in [-0.15, -0.1) is 5.10 Å². The van der Waals surface area contributed by atoms with E-state index in [1.54, 1.807) is 41.3 Å². The molecule has 10 nitrogen and oxygen atoms in total. The number of aryl methyl sites for hydroxylation is 1. The third-order valence-electron chi connectivity index (χ3n) is 6.00. The summed E-state index contributed by atoms with van der Waals surface area (Å²) < 4.78 is 32.7. The summed E-state index contributed by atoms with van der Waals surface area (Å²) in [5, 5.41) is 12.1. The Kier molecular flexibility index (Phi) is 7.13. The summed E-state index contributed by atoms with van der Waals surface area (Å²) in [4.78, 5) is 16.9. The molecule has 34 heavy (non-hydrogen) atoms. The molecule has 0 aliphatic carbocycles. The second-order valence-corrected chi connectivity index (χ2v) is 11.0. The van der Waals surface area contributed by atoms with E-state index in [4.69, 9.17) is 4.42 Å². The Labute approximate surface area is 199 Å². The lowest BCUT2D eigenvalue weighted by Crippen LogP contribution is -2.50. The zero-order valence-electron chi connectivity index (χ0n) is 19.7. The highest BCUT2D eigenvalue weighted by atomic mass is 32.2. The van der Waals surface area contributed by atoms with Crippen LogP contribution < -0.4 is 0 Å². The largest absolute Gasteiger partial charge is 0.459 e. The number of nitrogens with zero attached hydrogens (tertiary/aromatic N) is 6. The van der Waals surface area contributed by atoms with Crippen LogP contribution in [-0.2, 0) is 15.7 Å². The number of hydrogen-bond acceptors (Lipinski definition) is 8. The van der Waals surface area contributed by atoms with Crippen LogP contribution in [0.4, 0.5) is 0 Å². The van der Waals surface area contributed by atoms with Crippen LogP contribution in [0.1, 0.15) is 48.3 Å². The summed E-state index contributed by atoms with van der Waals surface area (Å²) in [6.07, 6.45) is 2.25. The molecule has 11 heteroatoms. The molecule has 3 heterocycles. The average Bonchev–Trinajstić information content (AvgIpc) is 3.50. The van der Waals surface area contributed by atoms with E-state index in [2.05, 4.69) is 34.3 Å². The number of rotatable bonds is 8. The third-order valence-corrected chi connectivity index (χ3v) is 7.57. The van der Waals surface area contributed by atoms with E-state index in [1.165, 1.54) is 10.9 Å². The van der Waals surface area contributed by atoms with Crippen LogP contribution in [0.15, 0.2) is 52.0 Å². The molecule has 1 aromatic carbocycles. The number of carbonyl (C=O) groups is 1. The molecule has 4 rings (SSSR count). The summed E-state index contributed by atoms with van der Waals surface area (Å²) in [6.45, 7) is 8.47. The van der Waals surface area contributed by atoms with Crippen molar-refractivity contribution in [3.63, 3.8) is 0 Å². The zero-order valence-corrected chi connectivity index (χ0v) is 20.5. The van der Waals surface area contributed by atoms with Gasteiger partial charge in [-0.2, -0.15) is 0 Å². The van der Waals surface area contributed by atoms with Gasteiger partial charge >= 0.3 is 0 Å². The molecule has 0 saturated carbocycles. The fraction of sp³-hybridized carbons (Fsp3) is 0.478. The fourth-order valence-corrected chi connectivity index (χ4v) is 5.39. The van der Waals surface area contributed by atoms with E-state index >= 15 is 0 Å². The molecule has 0 unspecified atom stereocenters. The van der Waals surface area contributed by atoms with E-state index in [-0.39, 0.29) is 22.7 Å². The smallest absolute Gasteiger partial charge is 0.289 e. The Morgan fingerprint density at radius 2 is 1.79 bits per heavy atom. The van der Waals surface area contributed by atoms with Crippen molar-refractivity contribution in [1.29, 1.82) is 0 Å². The van der Waals surface area contributed by atoms with E-state index < -0.39 is 9.84 Å². The SMILES string of the molecule is Cc1ccc(S(=O)(=O)Cn2nnnc2[C@H](CC(C)C)N2CCN(C(=O)c3ccco3)CC2)cc1. The van der Waals surface area contributed by atoms with Gasteiger partial charge in [0.25, 0.3) is 5.91 Å². The van der Waals surface area contributed by atoms with Gasteiger partial charge in [-0.05, 0) is 54.0 Å². The summed E-state index contributed by atoms with van der Waals surface area (Å²) >= 11 is 0. The predicted octanol–water partition coefficient (Wildman–Crippen LogP) is 2.55. The van der Waals surface area contributed by atoms with Crippen LogP contribution in [0, 0.1) is 12.8 Å². The monoisotopic (exact) mass is 486 g/mol. The van der Waals surface area contributed by atoms with E-state index in [0.717, 1.165) is 12.0 Å². The highest BCUT2D eigenvalue weighted by molar-refractivity contribution is 7.90. The summed E-state index contributed by atoms with van der Waals surface area (Å²) in [7, 11) is -3.62. The van der Waals surface area contributed by atoms with Gasteiger partial charge in [0.15, 0.2) is 27.3 Å². The van der Waals surface area contributed by atoms with Crippen molar-refractivity contribution in [2.24, 2.45) is 5.92 Å². The molecule has 1 atom stereocenters. The van der Waals surface area contributed by atoms with Crippen molar-refractivity contribution in [3.05, 3.63) is 59.8 Å². The lowest BCUT2D eigenvalue weighted by molar-refractivity contribution is 0.0501. The molecule has 0 bridgehead atoms. The van der Waals surface area contributed by atoms with Gasteiger partial charge in [0.05, 0.1) is 17.2 Å². The maximum atomic E-state index is 13.0. The lowest BCUT2D eigenvalue weighted by Gasteiger charge is -2.39. The number of furan rings is 1. The first-order chi connectivity index (χ1) is 16.2. The number of benzene rings is 1. The van der Waals surface area contributed by atoms with Crippen molar-refractivity contribution >= 4 is 15.7 Å². The van der Waals surface area contributed by atoms with Gasteiger partial charge in [0, 0.05) is 26.2 Å². The van der Waals surface area contributed by atoms with Crippen molar-refractivity contribution in [1.82, 2.24) is 30.0 Å². The summed E-state index contributed by atoms with van der Waals surface area (Å²) in [5.41, 5.74) is 0.990. The first-order valence-electron chi connectivity index (χ1n) is 11.4. The lowest BCUT2D eigenvalue weighted by atomic mass is 10.0. The van der Waals surface area contributed by atoms with Crippen molar-refractivity contribution in [2.75, 3.05) is 26.2 Å². The molecule has 0 spiro atoms. The van der Waals surface area contributed by atoms with Crippen molar-refractivity contribution in [3.8, 4) is 0 Å². The van der Waals surface area contributed by atoms with Gasteiger partial charge in [-0.25, -0.2) is 13.1 Å². The number of tetrazole rings is 1. The number of amides is 1. The number of hydrogen-bond donors (Lipinski definition) is 0. The number of sulfone groups is 1. The van der Waals surface area contributed by atoms with Crippen molar-refractivity contribution < 1.29 is 17.6 Å². The van der Waals surface area contributed by atoms with E-state index in [9.17, 15) is 13.2 Å². The minimum atomic E-state index is -3.62. The van der Waals surface area contributed by atoms with Gasteiger partial charge < -0.3 is 9.32 Å². The molecule has 1 aliphatic rings. The fourth-order valence-electron chi connectivity index (χ4n) is 4.18. The molecule has 2 aromatic heterocycles. The van der Waals surface area contributed by atoms with Crippen LogP contribution in [0.5, 0.6) is 0 Å². The molecule has 0 radical (unpaired) electrons. The molecule has 1 aliphatic heterocycles. The first kappa shape index (κ1) is 24.1. The van der Waals surface area contributed by atoms with Crippen LogP contribution in [0.2, 0.25) is 0 Å². The van der Waals surface area contributed by atoms with E-state index in [0.29, 0.717) is 43.7 Å². The van der Waals surface area contributed by atoms with Gasteiger partial charge in [-0.3, -0.25) is 9.69 Å². The second-order valence-electron chi connectivity index (χ2n) is 9.04. The minimum absolute atomic E-state index is 0.126. The van der Waals surface area contributed by atoms with Gasteiger partial charge in [-0.1, -0.05) is 31.5 Å². The molecule has 182 valence electrons. The van der Waals surface area contributed by atoms with Gasteiger partial charge in [0.2, 0.25) is 0 Å². The topological polar surface area (TPSA) is 114 Å². The Hall–Kier alpha value is -3.05. The predicted molar refractivity (Wildman–Crippen MR) is 125 cm³/mol. The number of aromatic nitrogens is 4. The molecule has 1 amide bonds. The molecule has 1 fully saturated rings. The Morgan fingerprint density at radius 3 is 2.41 bits per heavy atom. The van der Waals surface area contributed by atoms with Crippen molar-refractivity contribution in [2.45, 2.75) is 44.0 Å². The minimum Gasteiger partial charge on any atom is -0.459 e. The third kappa shape index (κ3) is 5.36. The molecule has 0 N–H and O–H groups in total. The molecule has 3 aromatic rings. The standard InChI is InChI=1S/C23H30N6O4S/c1-17(2)15-20(27-10-12-28(13-11-27)23(30)21-5-4-14-33-21)22-24-25-26-29(22)16-34(31,32)19-8-6-18(3)7-9-19/h4-9,14,17,20H,10-13,15-16H2,1-3H3/t20-/m0/s1. The number of carbonyl (C=O) groups excluding carboxylic acids is 1. The van der Waals surface area contributed by atoms with Crippen LogP contribution in [-0.4, -0.2) is 70.5 Å². The first-order valence-corrected chi connectivity index (χ1v) is 13.0. The zero-order chi connectivity index (χ0) is 24.3. The highest BCUT2D eigenvalue weighted by Crippen LogP contribution is 2.28. The second kappa shape index (κ2) is 10.1. The maximum Gasteiger partial charge on any atom is 0.289 e. The normalized spacial score (nSPS) is 16.2. The van der Waals surface area contributed by atoms with E-state index in [1.807, 2.05) is 6.92 Å². The average molecular weight is 487 g/mol. The summed E-state index contributed by atoms with van der Waals surface area (Å²) in [6, 6.07) is 9.97. The van der Waals surface area contributed by atoms with Crippen LogP contribution in [0.25, 0.3) is 0 Å². The Balaban J connectivity index is 1.51. The molecule has 1 saturated heterocycles. The maximum absolute atomic E-state index is 13.0. The van der Waals surface area contributed by atoms with Crippen LogP contribution in [0.3, 0.4) is 0 Å². The number of piperazine rings is 1. The molecular weight excluding hydrogens is 456 g/mol. The van der Waals surface area contributed by atoms with Gasteiger partial charge in [0.1, 0.15) is 0 Å². The summed E-state index contributed by atoms with van der Waals surface area (Å²) in [5.74, 6) is 0.738.